The van der Waals surface area contributed by atoms with E-state index in [1.807, 2.05) is 30.3 Å². The van der Waals surface area contributed by atoms with E-state index in [1.54, 1.807) is 14.0 Å². The molecule has 6 heteroatoms. The lowest BCUT2D eigenvalue weighted by Crippen LogP contribution is -2.51. The van der Waals surface area contributed by atoms with E-state index >= 15 is 0 Å². The Morgan fingerprint density at radius 2 is 1.90 bits per heavy atom. The van der Waals surface area contributed by atoms with Crippen LogP contribution in [0.5, 0.6) is 0 Å². The summed E-state index contributed by atoms with van der Waals surface area (Å²) < 4.78 is 4.84. The van der Waals surface area contributed by atoms with Gasteiger partial charge in [0, 0.05) is 13.7 Å². The lowest BCUT2D eigenvalue weighted by Gasteiger charge is -2.17. The van der Waals surface area contributed by atoms with Gasteiger partial charge in [0.25, 0.3) is 0 Å². The average Bonchev–Trinajstić information content (AvgIpc) is 2.48. The average molecular weight is 293 g/mol. The van der Waals surface area contributed by atoms with Crippen LogP contribution in [-0.4, -0.2) is 44.2 Å². The van der Waals surface area contributed by atoms with Crippen LogP contribution in [0.2, 0.25) is 0 Å². The van der Waals surface area contributed by atoms with Gasteiger partial charge in [0.05, 0.1) is 12.6 Å². The van der Waals surface area contributed by atoms with E-state index in [-0.39, 0.29) is 11.8 Å². The normalized spacial score (nSPS) is 13.3. The molecule has 0 aliphatic rings. The van der Waals surface area contributed by atoms with E-state index in [2.05, 4.69) is 10.6 Å². The monoisotopic (exact) mass is 293 g/mol. The molecule has 0 heterocycles. The Morgan fingerprint density at radius 1 is 1.24 bits per heavy atom. The molecule has 1 aromatic carbocycles. The summed E-state index contributed by atoms with van der Waals surface area (Å²) in [7, 11) is 1.56. The quantitative estimate of drug-likeness (QED) is 0.580. The summed E-state index contributed by atoms with van der Waals surface area (Å²) in [4.78, 5) is 23.7. The largest absolute Gasteiger partial charge is 0.383 e. The van der Waals surface area contributed by atoms with Gasteiger partial charge in [-0.1, -0.05) is 30.3 Å². The van der Waals surface area contributed by atoms with Crippen molar-refractivity contribution in [2.24, 2.45) is 5.73 Å². The second-order valence-corrected chi connectivity index (χ2v) is 4.81. The van der Waals surface area contributed by atoms with Gasteiger partial charge in [-0.2, -0.15) is 0 Å². The molecule has 6 nitrogen and oxygen atoms in total. The Balaban J connectivity index is 2.39. The van der Waals surface area contributed by atoms with Crippen molar-refractivity contribution < 1.29 is 14.3 Å². The number of methoxy groups -OCH3 is 1. The van der Waals surface area contributed by atoms with Crippen LogP contribution in [-0.2, 0) is 20.7 Å². The highest BCUT2D eigenvalue weighted by Gasteiger charge is 2.19. The van der Waals surface area contributed by atoms with Gasteiger partial charge in [0.2, 0.25) is 11.8 Å². The van der Waals surface area contributed by atoms with E-state index in [0.29, 0.717) is 19.6 Å². The zero-order valence-corrected chi connectivity index (χ0v) is 12.5. The number of nitrogens with one attached hydrogen (secondary N) is 2. The molecular formula is C15H23N3O3. The number of rotatable bonds is 8. The van der Waals surface area contributed by atoms with Crippen molar-refractivity contribution in [3.8, 4) is 0 Å². The first-order valence-corrected chi connectivity index (χ1v) is 6.91. The molecule has 0 saturated carbocycles. The maximum absolute atomic E-state index is 12.0. The topological polar surface area (TPSA) is 93.5 Å². The third kappa shape index (κ3) is 6.37. The minimum atomic E-state index is -0.679. The molecule has 0 saturated heterocycles. The molecule has 4 N–H and O–H groups in total. The van der Waals surface area contributed by atoms with Gasteiger partial charge in [-0.05, 0) is 18.9 Å². The minimum absolute atomic E-state index is 0.257. The standard InChI is InChI=1S/C15H23N3O3/c1-11(14(19)17-8-9-21-2)18-15(20)13(16)10-12-6-4-3-5-7-12/h3-7,11,13H,8-10,16H2,1-2H3,(H,17,19)(H,18,20)/t11?,13-/m1/s1. The molecule has 0 aromatic heterocycles. The molecule has 0 radical (unpaired) electrons. The van der Waals surface area contributed by atoms with Crippen molar-refractivity contribution in [1.82, 2.24) is 10.6 Å². The molecular weight excluding hydrogens is 270 g/mol. The van der Waals surface area contributed by atoms with Crippen molar-refractivity contribution in [2.45, 2.75) is 25.4 Å². The van der Waals surface area contributed by atoms with Gasteiger partial charge in [-0.3, -0.25) is 9.59 Å². The molecule has 0 fully saturated rings. The first-order valence-electron chi connectivity index (χ1n) is 6.91. The molecule has 2 atom stereocenters. The van der Waals surface area contributed by atoms with E-state index in [0.717, 1.165) is 5.56 Å². The second kappa shape index (κ2) is 9.10. The molecule has 1 rings (SSSR count). The molecule has 1 unspecified atom stereocenters. The van der Waals surface area contributed by atoms with Gasteiger partial charge >= 0.3 is 0 Å². The third-order valence-corrected chi connectivity index (χ3v) is 2.99. The molecule has 116 valence electrons. The van der Waals surface area contributed by atoms with Crippen LogP contribution in [0, 0.1) is 0 Å². The van der Waals surface area contributed by atoms with Gasteiger partial charge < -0.3 is 21.1 Å². The predicted octanol–water partition coefficient (Wildman–Crippen LogP) is -0.176. The molecule has 2 amide bonds. The second-order valence-electron chi connectivity index (χ2n) is 4.81. The number of amides is 2. The van der Waals surface area contributed by atoms with Crippen LogP contribution < -0.4 is 16.4 Å². The summed E-state index contributed by atoms with van der Waals surface area (Å²) in [6, 6.07) is 8.21. The van der Waals surface area contributed by atoms with Gasteiger partial charge in [0.1, 0.15) is 6.04 Å². The first kappa shape index (κ1) is 17.1. The smallest absolute Gasteiger partial charge is 0.242 e. The van der Waals surface area contributed by atoms with Gasteiger partial charge in [-0.25, -0.2) is 0 Å². The van der Waals surface area contributed by atoms with Crippen LogP contribution in [0.15, 0.2) is 30.3 Å². The molecule has 1 aromatic rings. The van der Waals surface area contributed by atoms with Gasteiger partial charge in [0.15, 0.2) is 0 Å². The number of nitrogens with two attached hydrogens (primary N) is 1. The summed E-state index contributed by atoms with van der Waals surface area (Å²) in [6.07, 6.45) is 0.435. The lowest BCUT2D eigenvalue weighted by molar-refractivity contribution is -0.129. The van der Waals surface area contributed by atoms with E-state index < -0.39 is 12.1 Å². The van der Waals surface area contributed by atoms with Crippen LogP contribution in [0.3, 0.4) is 0 Å². The van der Waals surface area contributed by atoms with Crippen molar-refractivity contribution in [3.05, 3.63) is 35.9 Å². The van der Waals surface area contributed by atoms with Crippen molar-refractivity contribution in [1.29, 1.82) is 0 Å². The maximum atomic E-state index is 12.0. The predicted molar refractivity (Wildman–Crippen MR) is 80.6 cm³/mol. The van der Waals surface area contributed by atoms with Crippen LogP contribution in [0.1, 0.15) is 12.5 Å². The number of benzene rings is 1. The number of hydrogen-bond donors (Lipinski definition) is 3. The number of carbonyl (C=O) groups is 2. The number of carbonyl (C=O) groups excluding carboxylic acids is 2. The fourth-order valence-corrected chi connectivity index (χ4v) is 1.78. The molecule has 0 aliphatic heterocycles. The summed E-state index contributed by atoms with van der Waals surface area (Å²) in [5, 5.41) is 5.27. The first-order chi connectivity index (χ1) is 10.0. The highest BCUT2D eigenvalue weighted by atomic mass is 16.5. The Hall–Kier alpha value is -1.92. The Morgan fingerprint density at radius 3 is 2.52 bits per heavy atom. The Bertz CT molecular complexity index is 451. The van der Waals surface area contributed by atoms with Crippen molar-refractivity contribution in [3.63, 3.8) is 0 Å². The summed E-state index contributed by atoms with van der Waals surface area (Å²) in [5.41, 5.74) is 6.84. The van der Waals surface area contributed by atoms with E-state index in [1.165, 1.54) is 0 Å². The fourth-order valence-electron chi connectivity index (χ4n) is 1.78. The number of ether oxygens (including phenoxy) is 1. The molecule has 0 bridgehead atoms. The Kier molecular flexibility index (Phi) is 7.42. The summed E-state index contributed by atoms with van der Waals surface area (Å²) >= 11 is 0. The summed E-state index contributed by atoms with van der Waals surface area (Å²) in [5.74, 6) is -0.597. The van der Waals surface area contributed by atoms with Crippen LogP contribution in [0.25, 0.3) is 0 Å². The van der Waals surface area contributed by atoms with E-state index in [9.17, 15) is 9.59 Å². The number of hydrogen-bond acceptors (Lipinski definition) is 4. The van der Waals surface area contributed by atoms with Crippen LogP contribution >= 0.6 is 0 Å². The Labute approximate surface area is 125 Å². The molecule has 21 heavy (non-hydrogen) atoms. The maximum Gasteiger partial charge on any atom is 0.242 e. The third-order valence-electron chi connectivity index (χ3n) is 2.99. The van der Waals surface area contributed by atoms with Gasteiger partial charge in [-0.15, -0.1) is 0 Å². The van der Waals surface area contributed by atoms with Crippen LogP contribution in [0.4, 0.5) is 0 Å². The SMILES string of the molecule is COCCNC(=O)C(C)NC(=O)[C@H](N)Cc1ccccc1. The molecule has 0 spiro atoms. The zero-order valence-electron chi connectivity index (χ0n) is 12.5. The zero-order chi connectivity index (χ0) is 15.7. The van der Waals surface area contributed by atoms with Crippen molar-refractivity contribution in [2.75, 3.05) is 20.3 Å². The fraction of sp³-hybridized carbons (Fsp3) is 0.467. The molecule has 0 aliphatic carbocycles. The highest BCUT2D eigenvalue weighted by molar-refractivity contribution is 5.89. The lowest BCUT2D eigenvalue weighted by atomic mass is 10.1. The van der Waals surface area contributed by atoms with Crippen molar-refractivity contribution >= 4 is 11.8 Å². The van der Waals surface area contributed by atoms with E-state index in [4.69, 9.17) is 10.5 Å². The minimum Gasteiger partial charge on any atom is -0.383 e. The summed E-state index contributed by atoms with van der Waals surface area (Å²) in [6.45, 7) is 2.46. The highest BCUT2D eigenvalue weighted by Crippen LogP contribution is 2.02.